The average molecular weight is 301 g/mol. The van der Waals surface area contributed by atoms with Crippen molar-refractivity contribution in [2.24, 2.45) is 0 Å². The second-order valence-electron chi connectivity index (χ2n) is 5.65. The highest BCUT2D eigenvalue weighted by Gasteiger charge is 2.28. The smallest absolute Gasteiger partial charge is 0.145 e. The molecule has 5 heteroatoms. The maximum atomic E-state index is 13.8. The molecule has 0 bridgehead atoms. The first kappa shape index (κ1) is 15.1. The van der Waals surface area contributed by atoms with Gasteiger partial charge in [-0.05, 0) is 31.5 Å². The summed E-state index contributed by atoms with van der Waals surface area (Å²) in [6.45, 7) is 1.26. The number of hydrogen-bond acceptors (Lipinski definition) is 4. The quantitative estimate of drug-likeness (QED) is 0.943. The molecule has 116 valence electrons. The van der Waals surface area contributed by atoms with Crippen LogP contribution in [-0.4, -0.2) is 33.1 Å². The van der Waals surface area contributed by atoms with E-state index < -0.39 is 6.10 Å². The number of β-amino-alcohol motifs (C(OH)–C–C–N with tert-alkyl or cyclic N) is 1. The zero-order valence-electron chi connectivity index (χ0n) is 12.4. The third kappa shape index (κ3) is 3.31. The maximum absolute atomic E-state index is 13.8. The third-order valence-electron chi connectivity index (χ3n) is 4.17. The van der Waals surface area contributed by atoms with E-state index in [0.29, 0.717) is 12.1 Å². The number of hydrogen-bond donors (Lipinski definition) is 1. The summed E-state index contributed by atoms with van der Waals surface area (Å²) < 4.78 is 13.8. The molecule has 0 aliphatic carbocycles. The summed E-state index contributed by atoms with van der Waals surface area (Å²) in [6.07, 6.45) is 5.80. The van der Waals surface area contributed by atoms with Gasteiger partial charge in [-0.1, -0.05) is 24.6 Å². The minimum atomic E-state index is -0.842. The minimum Gasteiger partial charge on any atom is -0.387 e. The Hall–Kier alpha value is -1.85. The van der Waals surface area contributed by atoms with Crippen LogP contribution in [0.4, 0.5) is 4.39 Å². The average Bonchev–Trinajstić information content (AvgIpc) is 2.56. The zero-order valence-corrected chi connectivity index (χ0v) is 12.4. The maximum Gasteiger partial charge on any atom is 0.145 e. The lowest BCUT2D eigenvalue weighted by Crippen LogP contribution is -2.37. The van der Waals surface area contributed by atoms with E-state index in [1.54, 1.807) is 36.7 Å². The number of halogens is 1. The lowest BCUT2D eigenvalue weighted by atomic mass is 9.99. The summed E-state index contributed by atoms with van der Waals surface area (Å²) in [5, 5.41) is 10.4. The van der Waals surface area contributed by atoms with Crippen LogP contribution in [0.5, 0.6) is 0 Å². The molecule has 1 N–H and O–H groups in total. The number of likely N-dealkylation sites (tertiary alicyclic amines) is 1. The molecule has 1 aliphatic rings. The van der Waals surface area contributed by atoms with Crippen molar-refractivity contribution in [3.05, 3.63) is 59.9 Å². The summed E-state index contributed by atoms with van der Waals surface area (Å²) in [6, 6.07) is 8.29. The molecule has 2 unspecified atom stereocenters. The van der Waals surface area contributed by atoms with E-state index in [2.05, 4.69) is 14.9 Å². The van der Waals surface area contributed by atoms with Gasteiger partial charge in [0.1, 0.15) is 11.6 Å². The lowest BCUT2D eigenvalue weighted by Gasteiger charge is -2.35. The van der Waals surface area contributed by atoms with Gasteiger partial charge >= 0.3 is 0 Å². The molecule has 1 aromatic heterocycles. The van der Waals surface area contributed by atoms with Gasteiger partial charge in [-0.2, -0.15) is 0 Å². The minimum absolute atomic E-state index is 0.0939. The number of aliphatic hydroxyl groups excluding tert-OH is 1. The van der Waals surface area contributed by atoms with Crippen LogP contribution in [0.3, 0.4) is 0 Å². The Kier molecular flexibility index (Phi) is 4.75. The second kappa shape index (κ2) is 6.94. The van der Waals surface area contributed by atoms with Crippen molar-refractivity contribution >= 4 is 0 Å². The Balaban J connectivity index is 1.76. The van der Waals surface area contributed by atoms with E-state index in [9.17, 15) is 9.50 Å². The number of piperidine rings is 1. The monoisotopic (exact) mass is 301 g/mol. The first-order valence-electron chi connectivity index (χ1n) is 7.69. The highest BCUT2D eigenvalue weighted by molar-refractivity contribution is 5.20. The van der Waals surface area contributed by atoms with Crippen molar-refractivity contribution in [1.29, 1.82) is 0 Å². The van der Waals surface area contributed by atoms with E-state index in [1.165, 1.54) is 6.07 Å². The number of nitrogens with zero attached hydrogens (tertiary/aromatic N) is 3. The molecule has 3 rings (SSSR count). The third-order valence-corrected chi connectivity index (χ3v) is 4.17. The molecular weight excluding hydrogens is 281 g/mol. The van der Waals surface area contributed by atoms with Gasteiger partial charge in [0.15, 0.2) is 0 Å². The largest absolute Gasteiger partial charge is 0.387 e. The molecule has 2 atom stereocenters. The number of aromatic nitrogens is 2. The Morgan fingerprint density at radius 3 is 2.73 bits per heavy atom. The standard InChI is InChI=1S/C17H20FN3O/c18-14-7-2-1-6-13(14)16(22)12-21-11-4-3-8-15(21)17-19-9-5-10-20-17/h1-2,5-7,9-10,15-16,22H,3-4,8,11-12H2. The molecule has 1 aromatic carbocycles. The van der Waals surface area contributed by atoms with Gasteiger partial charge in [0.05, 0.1) is 12.1 Å². The number of rotatable bonds is 4. The van der Waals surface area contributed by atoms with E-state index in [0.717, 1.165) is 31.6 Å². The van der Waals surface area contributed by atoms with Gasteiger partial charge in [-0.25, -0.2) is 14.4 Å². The molecule has 2 aromatic rings. The van der Waals surface area contributed by atoms with Crippen molar-refractivity contribution < 1.29 is 9.50 Å². The SMILES string of the molecule is OC(CN1CCCCC1c1ncccn1)c1ccccc1F. The lowest BCUT2D eigenvalue weighted by molar-refractivity contribution is 0.0619. The fourth-order valence-electron chi connectivity index (χ4n) is 3.05. The molecule has 1 fully saturated rings. The first-order valence-corrected chi connectivity index (χ1v) is 7.69. The summed E-state index contributed by atoms with van der Waals surface area (Å²) in [7, 11) is 0. The van der Waals surface area contributed by atoms with Gasteiger partial charge in [0.25, 0.3) is 0 Å². The molecule has 22 heavy (non-hydrogen) atoms. The first-order chi connectivity index (χ1) is 10.8. The molecule has 1 aliphatic heterocycles. The van der Waals surface area contributed by atoms with Crippen LogP contribution in [0.1, 0.15) is 42.8 Å². The van der Waals surface area contributed by atoms with Crippen molar-refractivity contribution in [1.82, 2.24) is 14.9 Å². The fraction of sp³-hybridized carbons (Fsp3) is 0.412. The summed E-state index contributed by atoms with van der Waals surface area (Å²) >= 11 is 0. The Bertz CT molecular complexity index is 608. The Labute approximate surface area is 129 Å². The molecule has 1 saturated heterocycles. The van der Waals surface area contributed by atoms with Crippen molar-refractivity contribution in [2.45, 2.75) is 31.4 Å². The molecule has 4 nitrogen and oxygen atoms in total. The summed E-state index contributed by atoms with van der Waals surface area (Å²) in [4.78, 5) is 10.8. The zero-order chi connectivity index (χ0) is 15.4. The molecule has 2 heterocycles. The Morgan fingerprint density at radius 1 is 1.18 bits per heavy atom. The molecule has 0 amide bonds. The van der Waals surface area contributed by atoms with Gasteiger partial charge in [0.2, 0.25) is 0 Å². The van der Waals surface area contributed by atoms with Gasteiger partial charge in [0, 0.05) is 24.5 Å². The van der Waals surface area contributed by atoms with Gasteiger partial charge in [-0.15, -0.1) is 0 Å². The highest BCUT2D eigenvalue weighted by Crippen LogP contribution is 2.30. The van der Waals surface area contributed by atoms with Crippen LogP contribution in [0.15, 0.2) is 42.7 Å². The summed E-state index contributed by atoms with van der Waals surface area (Å²) in [5.74, 6) is 0.419. The number of benzene rings is 1. The normalized spacial score (nSPS) is 20.7. The predicted octanol–water partition coefficient (Wildman–Crippen LogP) is 2.88. The van der Waals surface area contributed by atoms with Gasteiger partial charge in [-0.3, -0.25) is 4.90 Å². The highest BCUT2D eigenvalue weighted by atomic mass is 19.1. The Morgan fingerprint density at radius 2 is 1.95 bits per heavy atom. The van der Waals surface area contributed by atoms with Crippen LogP contribution in [0.2, 0.25) is 0 Å². The van der Waals surface area contributed by atoms with E-state index >= 15 is 0 Å². The van der Waals surface area contributed by atoms with Gasteiger partial charge < -0.3 is 5.11 Å². The number of aliphatic hydroxyl groups is 1. The molecule has 0 spiro atoms. The van der Waals surface area contributed by atoms with Crippen LogP contribution >= 0.6 is 0 Å². The van der Waals surface area contributed by atoms with Crippen LogP contribution < -0.4 is 0 Å². The molecular formula is C17H20FN3O. The molecule has 0 saturated carbocycles. The fourth-order valence-corrected chi connectivity index (χ4v) is 3.05. The second-order valence-corrected chi connectivity index (χ2v) is 5.65. The van der Waals surface area contributed by atoms with Crippen LogP contribution in [0, 0.1) is 5.82 Å². The molecule has 0 radical (unpaired) electrons. The topological polar surface area (TPSA) is 49.2 Å². The van der Waals surface area contributed by atoms with E-state index in [1.807, 2.05) is 0 Å². The van der Waals surface area contributed by atoms with Crippen LogP contribution in [-0.2, 0) is 0 Å². The van der Waals surface area contributed by atoms with Crippen molar-refractivity contribution in [3.8, 4) is 0 Å². The van der Waals surface area contributed by atoms with Crippen molar-refractivity contribution in [2.75, 3.05) is 13.1 Å². The van der Waals surface area contributed by atoms with Crippen LogP contribution in [0.25, 0.3) is 0 Å². The summed E-state index contributed by atoms with van der Waals surface area (Å²) in [5.41, 5.74) is 0.348. The van der Waals surface area contributed by atoms with Crippen molar-refractivity contribution in [3.63, 3.8) is 0 Å². The van der Waals surface area contributed by atoms with E-state index in [4.69, 9.17) is 0 Å². The predicted molar refractivity (Wildman–Crippen MR) is 81.6 cm³/mol. The van der Waals surface area contributed by atoms with E-state index in [-0.39, 0.29) is 11.9 Å².